The first kappa shape index (κ1) is 18.8. The van der Waals surface area contributed by atoms with E-state index in [9.17, 15) is 14.0 Å². The second-order valence-electron chi connectivity index (χ2n) is 6.35. The molecular weight excluding hydrogens is 452 g/mol. The lowest BCUT2D eigenvalue weighted by atomic mass is 10.0. The molecule has 1 aromatic carbocycles. The van der Waals surface area contributed by atoms with Crippen molar-refractivity contribution in [1.82, 2.24) is 9.63 Å². The molecule has 0 saturated carbocycles. The molecule has 26 heavy (non-hydrogen) atoms. The van der Waals surface area contributed by atoms with Crippen LogP contribution in [0.5, 0.6) is 0 Å². The van der Waals surface area contributed by atoms with Crippen LogP contribution in [0.15, 0.2) is 29.1 Å². The molecule has 0 atom stereocenters. The maximum atomic E-state index is 14.3. The van der Waals surface area contributed by atoms with Crippen LogP contribution < -0.4 is 10.9 Å². The summed E-state index contributed by atoms with van der Waals surface area (Å²) in [5, 5.41) is 4.22. The van der Waals surface area contributed by atoms with Gasteiger partial charge in [0.25, 0.3) is 11.5 Å². The predicted octanol–water partition coefficient (Wildman–Crippen LogP) is 3.21. The number of benzene rings is 1. The number of rotatable bonds is 4. The molecule has 1 aromatic heterocycles. The van der Waals surface area contributed by atoms with E-state index in [0.29, 0.717) is 24.1 Å². The molecular formula is C18H19FIN3O3. The number of anilines is 2. The zero-order valence-corrected chi connectivity index (χ0v) is 16.8. The Kier molecular flexibility index (Phi) is 5.33. The van der Waals surface area contributed by atoms with Crippen LogP contribution in [0.25, 0.3) is 0 Å². The van der Waals surface area contributed by atoms with E-state index < -0.39 is 5.82 Å². The van der Waals surface area contributed by atoms with E-state index in [0.717, 1.165) is 3.57 Å². The van der Waals surface area contributed by atoms with Crippen molar-refractivity contribution in [2.75, 3.05) is 11.9 Å². The molecule has 3 rings (SSSR count). The van der Waals surface area contributed by atoms with E-state index >= 15 is 0 Å². The third-order valence-corrected chi connectivity index (χ3v) is 4.74. The van der Waals surface area contributed by atoms with Gasteiger partial charge in [0.15, 0.2) is 0 Å². The van der Waals surface area contributed by atoms with Crippen LogP contribution in [0, 0.1) is 9.39 Å². The van der Waals surface area contributed by atoms with Crippen LogP contribution in [-0.2, 0) is 18.3 Å². The van der Waals surface area contributed by atoms with Gasteiger partial charge in [0.05, 0.1) is 23.9 Å². The highest BCUT2D eigenvalue weighted by Gasteiger charge is 2.31. The summed E-state index contributed by atoms with van der Waals surface area (Å²) in [6, 6.07) is 6.16. The summed E-state index contributed by atoms with van der Waals surface area (Å²) < 4.78 is 16.3. The summed E-state index contributed by atoms with van der Waals surface area (Å²) in [5.74, 6) is -0.542. The lowest BCUT2D eigenvalue weighted by molar-refractivity contribution is -0.153. The number of fused-ring (bicyclic) bond motifs is 1. The number of aromatic nitrogens is 1. The molecule has 1 N–H and O–H groups in total. The lowest BCUT2D eigenvalue weighted by Gasteiger charge is -2.30. The number of hydroxylamine groups is 2. The van der Waals surface area contributed by atoms with E-state index in [-0.39, 0.29) is 29.1 Å². The van der Waals surface area contributed by atoms with Gasteiger partial charge in [-0.25, -0.2) is 9.45 Å². The molecule has 0 unspecified atom stereocenters. The minimum Gasteiger partial charge on any atom is -0.338 e. The second-order valence-corrected chi connectivity index (χ2v) is 7.60. The quantitative estimate of drug-likeness (QED) is 0.696. The normalized spacial score (nSPS) is 13.9. The molecule has 0 fully saturated rings. The highest BCUT2D eigenvalue weighted by atomic mass is 127. The van der Waals surface area contributed by atoms with Crippen LogP contribution >= 0.6 is 22.6 Å². The lowest BCUT2D eigenvalue weighted by Crippen LogP contribution is -2.41. The average Bonchev–Trinajstić information content (AvgIpc) is 2.56. The Balaban J connectivity index is 2.09. The number of hydrogen-bond donors (Lipinski definition) is 1. The summed E-state index contributed by atoms with van der Waals surface area (Å²) in [7, 11) is 1.55. The second kappa shape index (κ2) is 7.36. The van der Waals surface area contributed by atoms with Crippen LogP contribution in [0.3, 0.4) is 0 Å². The fourth-order valence-electron chi connectivity index (χ4n) is 2.85. The molecule has 0 spiro atoms. The molecule has 1 aliphatic rings. The van der Waals surface area contributed by atoms with Gasteiger partial charge in [0, 0.05) is 16.7 Å². The number of pyridine rings is 1. The topological polar surface area (TPSA) is 63.6 Å². The zero-order valence-electron chi connectivity index (χ0n) is 14.7. The molecule has 2 heterocycles. The SMILES string of the molecule is CC(C)ON1CCc2cc(=O)n(C)c(Nc3ccc(I)cc3F)c2C1=O. The molecule has 0 bridgehead atoms. The number of halogens is 2. The molecule has 0 saturated heterocycles. The number of amides is 1. The maximum Gasteiger partial charge on any atom is 0.281 e. The van der Waals surface area contributed by atoms with Crippen LogP contribution in [0.1, 0.15) is 29.8 Å². The van der Waals surface area contributed by atoms with Gasteiger partial charge in [-0.2, -0.15) is 0 Å². The molecule has 2 aromatic rings. The van der Waals surface area contributed by atoms with Gasteiger partial charge in [0.1, 0.15) is 11.6 Å². The highest BCUT2D eigenvalue weighted by molar-refractivity contribution is 14.1. The molecule has 1 amide bonds. The Morgan fingerprint density at radius 1 is 1.27 bits per heavy atom. The number of nitrogens with zero attached hydrogens (tertiary/aromatic N) is 2. The van der Waals surface area contributed by atoms with Crippen molar-refractivity contribution < 1.29 is 14.0 Å². The first-order valence-electron chi connectivity index (χ1n) is 8.21. The number of hydrogen-bond acceptors (Lipinski definition) is 4. The van der Waals surface area contributed by atoms with Crippen LogP contribution in [-0.4, -0.2) is 28.2 Å². The maximum absolute atomic E-state index is 14.3. The number of carbonyl (C=O) groups is 1. The summed E-state index contributed by atoms with van der Waals surface area (Å²) in [4.78, 5) is 30.8. The Morgan fingerprint density at radius 2 is 2.00 bits per heavy atom. The van der Waals surface area contributed by atoms with Gasteiger partial charge in [-0.3, -0.25) is 19.0 Å². The molecule has 8 heteroatoms. The standard InChI is InChI=1S/C18H19FIN3O3/c1-10(2)26-23-7-6-11-8-15(24)22(3)17(16(11)18(23)25)21-14-5-4-12(20)9-13(14)19/h4-5,8-10,21H,6-7H2,1-3H3. The zero-order chi connectivity index (χ0) is 19.0. The number of nitrogens with one attached hydrogen (secondary N) is 1. The predicted molar refractivity (Wildman–Crippen MR) is 105 cm³/mol. The summed E-state index contributed by atoms with van der Waals surface area (Å²) >= 11 is 2.02. The van der Waals surface area contributed by atoms with Gasteiger partial charge < -0.3 is 5.32 Å². The monoisotopic (exact) mass is 471 g/mol. The van der Waals surface area contributed by atoms with Gasteiger partial charge in [-0.1, -0.05) is 0 Å². The minimum atomic E-state index is -0.458. The third-order valence-electron chi connectivity index (χ3n) is 4.07. The summed E-state index contributed by atoms with van der Waals surface area (Å²) in [6.45, 7) is 4.04. The van der Waals surface area contributed by atoms with Crippen molar-refractivity contribution in [2.45, 2.75) is 26.4 Å². The molecule has 0 radical (unpaired) electrons. The minimum absolute atomic E-state index is 0.155. The van der Waals surface area contributed by atoms with Crippen molar-refractivity contribution in [3.8, 4) is 0 Å². The fraction of sp³-hybridized carbons (Fsp3) is 0.333. The van der Waals surface area contributed by atoms with E-state index in [1.54, 1.807) is 19.2 Å². The Labute approximate surface area is 164 Å². The Hall–Kier alpha value is -1.94. The first-order valence-corrected chi connectivity index (χ1v) is 9.29. The van der Waals surface area contributed by atoms with Crippen molar-refractivity contribution >= 4 is 40.0 Å². The smallest absolute Gasteiger partial charge is 0.281 e. The van der Waals surface area contributed by atoms with Crippen molar-refractivity contribution in [3.63, 3.8) is 0 Å². The van der Waals surface area contributed by atoms with E-state index in [1.807, 2.05) is 36.4 Å². The van der Waals surface area contributed by atoms with Gasteiger partial charge >= 0.3 is 0 Å². The highest BCUT2D eigenvalue weighted by Crippen LogP contribution is 2.29. The average molecular weight is 471 g/mol. The Morgan fingerprint density at radius 3 is 2.65 bits per heavy atom. The van der Waals surface area contributed by atoms with E-state index in [4.69, 9.17) is 4.84 Å². The molecule has 0 aliphatic carbocycles. The molecule has 138 valence electrons. The van der Waals surface area contributed by atoms with E-state index in [2.05, 4.69) is 5.32 Å². The van der Waals surface area contributed by atoms with Gasteiger partial charge in [0.2, 0.25) is 0 Å². The largest absolute Gasteiger partial charge is 0.338 e. The summed E-state index contributed by atoms with van der Waals surface area (Å²) in [6.07, 6.45) is 0.339. The van der Waals surface area contributed by atoms with Gasteiger partial charge in [-0.15, -0.1) is 0 Å². The third kappa shape index (κ3) is 3.61. The fourth-order valence-corrected chi connectivity index (χ4v) is 3.31. The van der Waals surface area contributed by atoms with Gasteiger partial charge in [-0.05, 0) is 66.6 Å². The van der Waals surface area contributed by atoms with Crippen LogP contribution in [0.4, 0.5) is 15.9 Å². The molecule has 6 nitrogen and oxygen atoms in total. The van der Waals surface area contributed by atoms with Crippen LogP contribution in [0.2, 0.25) is 0 Å². The number of carbonyl (C=O) groups excluding carboxylic acids is 1. The van der Waals surface area contributed by atoms with Crippen molar-refractivity contribution in [2.24, 2.45) is 7.05 Å². The summed E-state index contributed by atoms with van der Waals surface area (Å²) in [5.41, 5.74) is 0.902. The molecule has 1 aliphatic heterocycles. The van der Waals surface area contributed by atoms with E-state index in [1.165, 1.54) is 21.8 Å². The van der Waals surface area contributed by atoms with Crippen molar-refractivity contribution in [1.29, 1.82) is 0 Å². The first-order chi connectivity index (χ1) is 12.3. The van der Waals surface area contributed by atoms with Crippen molar-refractivity contribution in [3.05, 3.63) is 55.1 Å². The Bertz CT molecular complexity index is 927.